The molecule has 3 aromatic carbocycles. The molecule has 8 nitrogen and oxygen atoms in total. The van der Waals surface area contributed by atoms with Gasteiger partial charge in [-0.15, -0.1) is 0 Å². The number of nitrogens with zero attached hydrogens (tertiary/aromatic N) is 2. The van der Waals surface area contributed by atoms with Crippen molar-refractivity contribution in [1.29, 1.82) is 0 Å². The van der Waals surface area contributed by atoms with Crippen LogP contribution in [0.3, 0.4) is 0 Å². The Hall–Kier alpha value is -3.27. The van der Waals surface area contributed by atoms with E-state index < -0.39 is 10.0 Å². The van der Waals surface area contributed by atoms with Gasteiger partial charge in [0.1, 0.15) is 0 Å². The summed E-state index contributed by atoms with van der Waals surface area (Å²) in [5, 5.41) is 7.67. The highest BCUT2D eigenvalue weighted by atomic mass is 32.2. The van der Waals surface area contributed by atoms with Crippen LogP contribution in [0.15, 0.2) is 71.6 Å². The molecule has 5 rings (SSSR count). The minimum absolute atomic E-state index is 0.127. The number of benzene rings is 3. The van der Waals surface area contributed by atoms with Crippen LogP contribution in [0.25, 0.3) is 10.8 Å². The van der Waals surface area contributed by atoms with Crippen LogP contribution < -0.4 is 10.6 Å². The van der Waals surface area contributed by atoms with Crippen molar-refractivity contribution in [3.8, 4) is 0 Å². The normalized spacial score (nSPS) is 17.3. The van der Waals surface area contributed by atoms with Gasteiger partial charge in [0.05, 0.1) is 22.7 Å². The third-order valence-electron chi connectivity index (χ3n) is 6.42. The van der Waals surface area contributed by atoms with Gasteiger partial charge in [0, 0.05) is 32.2 Å². The van der Waals surface area contributed by atoms with Crippen molar-refractivity contribution in [2.75, 3.05) is 38.0 Å². The Morgan fingerprint density at radius 3 is 2.29 bits per heavy atom. The second-order valence-electron chi connectivity index (χ2n) is 9.03. The molecule has 0 spiro atoms. The summed E-state index contributed by atoms with van der Waals surface area (Å²) in [6.45, 7) is 1.64. The first-order valence-corrected chi connectivity index (χ1v) is 13.3. The van der Waals surface area contributed by atoms with E-state index >= 15 is 0 Å². The highest BCUT2D eigenvalue weighted by molar-refractivity contribution is 7.89. The Morgan fingerprint density at radius 1 is 0.857 bits per heavy atom. The van der Waals surface area contributed by atoms with Crippen LogP contribution in [0.1, 0.15) is 23.2 Å². The van der Waals surface area contributed by atoms with Gasteiger partial charge in [-0.05, 0) is 47.9 Å². The summed E-state index contributed by atoms with van der Waals surface area (Å²) in [7, 11) is -3.61. The Balaban J connectivity index is 1.18. The van der Waals surface area contributed by atoms with Crippen LogP contribution in [-0.4, -0.2) is 68.2 Å². The van der Waals surface area contributed by atoms with Crippen LogP contribution >= 0.6 is 0 Å². The van der Waals surface area contributed by atoms with Crippen molar-refractivity contribution in [2.24, 2.45) is 0 Å². The summed E-state index contributed by atoms with van der Waals surface area (Å²) >= 11 is 0. The zero-order valence-electron chi connectivity index (χ0n) is 19.3. The number of piperazine rings is 1. The predicted molar refractivity (Wildman–Crippen MR) is 135 cm³/mol. The Morgan fingerprint density at radius 2 is 1.54 bits per heavy atom. The van der Waals surface area contributed by atoms with Crippen molar-refractivity contribution >= 4 is 38.3 Å². The number of amides is 2. The fourth-order valence-corrected chi connectivity index (χ4v) is 5.74. The fraction of sp³-hybridized carbons (Fsp3) is 0.308. The van der Waals surface area contributed by atoms with E-state index in [1.807, 2.05) is 35.2 Å². The van der Waals surface area contributed by atoms with Gasteiger partial charge in [0.2, 0.25) is 15.9 Å². The molecule has 3 aromatic rings. The first kappa shape index (κ1) is 23.5. The molecule has 182 valence electrons. The summed E-state index contributed by atoms with van der Waals surface area (Å²) in [4.78, 5) is 27.4. The SMILES string of the molecule is O=C(CN1CCN(S(=O)(=O)c2ccc3ccccc3c2)CC1)Nc1ccccc1C(=O)NC1CC1. The molecule has 1 aliphatic heterocycles. The molecule has 2 N–H and O–H groups in total. The van der Waals surface area contributed by atoms with E-state index in [1.54, 1.807) is 36.4 Å². The average Bonchev–Trinajstić information content (AvgIpc) is 3.68. The maximum absolute atomic E-state index is 13.2. The first-order valence-electron chi connectivity index (χ1n) is 11.8. The molecule has 1 aliphatic carbocycles. The van der Waals surface area contributed by atoms with Crippen LogP contribution in [-0.2, 0) is 14.8 Å². The molecule has 2 fully saturated rings. The number of hydrogen-bond donors (Lipinski definition) is 2. The van der Waals surface area contributed by atoms with E-state index in [9.17, 15) is 18.0 Å². The third kappa shape index (κ3) is 5.37. The fourth-order valence-electron chi connectivity index (χ4n) is 4.28. The maximum Gasteiger partial charge on any atom is 0.253 e. The number of para-hydroxylation sites is 1. The van der Waals surface area contributed by atoms with Crippen molar-refractivity contribution < 1.29 is 18.0 Å². The first-order chi connectivity index (χ1) is 16.9. The lowest BCUT2D eigenvalue weighted by Crippen LogP contribution is -2.50. The topological polar surface area (TPSA) is 98.8 Å². The quantitative estimate of drug-likeness (QED) is 0.528. The molecule has 0 radical (unpaired) electrons. The lowest BCUT2D eigenvalue weighted by Gasteiger charge is -2.33. The number of carbonyl (C=O) groups excluding carboxylic acids is 2. The number of rotatable bonds is 7. The molecule has 0 atom stereocenters. The number of sulfonamides is 1. The van der Waals surface area contributed by atoms with Gasteiger partial charge in [-0.2, -0.15) is 4.31 Å². The van der Waals surface area contributed by atoms with E-state index in [4.69, 9.17) is 0 Å². The third-order valence-corrected chi connectivity index (χ3v) is 8.31. The molecule has 1 heterocycles. The number of fused-ring (bicyclic) bond motifs is 1. The second kappa shape index (κ2) is 9.77. The minimum atomic E-state index is -3.61. The van der Waals surface area contributed by atoms with Gasteiger partial charge in [0.25, 0.3) is 5.91 Å². The van der Waals surface area contributed by atoms with Gasteiger partial charge >= 0.3 is 0 Å². The molecule has 0 bridgehead atoms. The zero-order chi connectivity index (χ0) is 24.4. The van der Waals surface area contributed by atoms with Crippen molar-refractivity contribution in [1.82, 2.24) is 14.5 Å². The summed E-state index contributed by atoms with van der Waals surface area (Å²) in [5.41, 5.74) is 0.923. The molecule has 0 aromatic heterocycles. The minimum Gasteiger partial charge on any atom is -0.349 e. The largest absolute Gasteiger partial charge is 0.349 e. The van der Waals surface area contributed by atoms with E-state index in [1.165, 1.54) is 4.31 Å². The highest BCUT2D eigenvalue weighted by Gasteiger charge is 2.29. The molecular formula is C26H28N4O4S. The molecular weight excluding hydrogens is 464 g/mol. The second-order valence-corrected chi connectivity index (χ2v) is 11.0. The van der Waals surface area contributed by atoms with Gasteiger partial charge in [-0.1, -0.05) is 42.5 Å². The molecule has 2 amide bonds. The highest BCUT2D eigenvalue weighted by Crippen LogP contribution is 2.24. The van der Waals surface area contributed by atoms with Crippen LogP contribution in [0.5, 0.6) is 0 Å². The summed E-state index contributed by atoms with van der Waals surface area (Å²) in [6.07, 6.45) is 1.98. The molecule has 2 aliphatic rings. The smallest absolute Gasteiger partial charge is 0.253 e. The molecule has 35 heavy (non-hydrogen) atoms. The summed E-state index contributed by atoms with van der Waals surface area (Å²) < 4.78 is 27.8. The summed E-state index contributed by atoms with van der Waals surface area (Å²) in [5.74, 6) is -0.418. The molecule has 1 saturated heterocycles. The average molecular weight is 493 g/mol. The maximum atomic E-state index is 13.2. The summed E-state index contributed by atoms with van der Waals surface area (Å²) in [6, 6.07) is 20.0. The van der Waals surface area contributed by atoms with E-state index in [0.29, 0.717) is 37.4 Å². The van der Waals surface area contributed by atoms with Gasteiger partial charge < -0.3 is 10.6 Å². The van der Waals surface area contributed by atoms with Crippen molar-refractivity contribution in [3.63, 3.8) is 0 Å². The molecule has 9 heteroatoms. The van der Waals surface area contributed by atoms with Gasteiger partial charge in [-0.25, -0.2) is 8.42 Å². The number of anilines is 1. The van der Waals surface area contributed by atoms with Crippen LogP contribution in [0.4, 0.5) is 5.69 Å². The van der Waals surface area contributed by atoms with Crippen molar-refractivity contribution in [2.45, 2.75) is 23.8 Å². The lowest BCUT2D eigenvalue weighted by atomic mass is 10.1. The number of carbonyl (C=O) groups is 2. The van der Waals surface area contributed by atoms with E-state index in [-0.39, 0.29) is 29.3 Å². The Bertz CT molecular complexity index is 1360. The number of hydrogen-bond acceptors (Lipinski definition) is 5. The monoisotopic (exact) mass is 492 g/mol. The van der Waals surface area contributed by atoms with E-state index in [0.717, 1.165) is 23.6 Å². The lowest BCUT2D eigenvalue weighted by molar-refractivity contribution is -0.117. The Labute approximate surface area is 205 Å². The zero-order valence-corrected chi connectivity index (χ0v) is 20.1. The van der Waals surface area contributed by atoms with Crippen molar-refractivity contribution in [3.05, 3.63) is 72.3 Å². The standard InChI is InChI=1S/C26H28N4O4S/c31-25(28-24-8-4-3-7-23(24)26(32)27-21-10-11-21)18-29-13-15-30(16-14-29)35(33,34)22-12-9-19-5-1-2-6-20(19)17-22/h1-9,12,17,21H,10-11,13-16,18H2,(H,27,32)(H,28,31). The van der Waals surface area contributed by atoms with Crippen LogP contribution in [0, 0.1) is 0 Å². The van der Waals surface area contributed by atoms with Gasteiger partial charge in [-0.3, -0.25) is 14.5 Å². The van der Waals surface area contributed by atoms with E-state index in [2.05, 4.69) is 10.6 Å². The predicted octanol–water partition coefficient (Wildman–Crippen LogP) is 2.68. The Kier molecular flexibility index (Phi) is 6.55. The number of nitrogens with one attached hydrogen (secondary N) is 2. The van der Waals surface area contributed by atoms with Crippen LogP contribution in [0.2, 0.25) is 0 Å². The molecule has 0 unspecified atom stereocenters. The van der Waals surface area contributed by atoms with Gasteiger partial charge in [0.15, 0.2) is 0 Å². The molecule has 1 saturated carbocycles.